The molecule has 1 aromatic carbocycles. The highest BCUT2D eigenvalue weighted by Crippen LogP contribution is 2.49. The lowest BCUT2D eigenvalue weighted by Crippen LogP contribution is -2.34. The minimum absolute atomic E-state index is 0. The van der Waals surface area contributed by atoms with Crippen LogP contribution in [0, 0.1) is 11.8 Å². The largest absolute Gasteiger partial charge is 0.423 e. The van der Waals surface area contributed by atoms with Gasteiger partial charge >= 0.3 is 0 Å². The van der Waals surface area contributed by atoms with Crippen LogP contribution in [0.1, 0.15) is 39.2 Å². The zero-order chi connectivity index (χ0) is 15.8. The van der Waals surface area contributed by atoms with E-state index in [4.69, 9.17) is 9.40 Å². The van der Waals surface area contributed by atoms with Crippen molar-refractivity contribution < 1.29 is 4.42 Å². The van der Waals surface area contributed by atoms with Crippen molar-refractivity contribution in [2.45, 2.75) is 51.1 Å². The van der Waals surface area contributed by atoms with Crippen LogP contribution in [0.15, 0.2) is 22.6 Å². The van der Waals surface area contributed by atoms with E-state index in [1.807, 2.05) is 0 Å². The van der Waals surface area contributed by atoms with Gasteiger partial charge in [-0.2, -0.15) is 4.98 Å². The Balaban J connectivity index is 0.000000911. The highest BCUT2D eigenvalue weighted by atomic mass is 35.5. The van der Waals surface area contributed by atoms with Crippen molar-refractivity contribution in [1.82, 2.24) is 10.3 Å². The third-order valence-electron chi connectivity index (χ3n) is 6.23. The van der Waals surface area contributed by atoms with E-state index in [-0.39, 0.29) is 30.2 Å². The predicted octanol–water partition coefficient (Wildman–Crippen LogP) is 4.16. The van der Waals surface area contributed by atoms with Gasteiger partial charge < -0.3 is 14.6 Å². The molecule has 2 aromatic rings. The average molecular weight is 384 g/mol. The number of hydrogen-bond acceptors (Lipinski definition) is 4. The van der Waals surface area contributed by atoms with Gasteiger partial charge in [0.2, 0.25) is 0 Å². The van der Waals surface area contributed by atoms with Crippen molar-refractivity contribution in [1.29, 1.82) is 0 Å². The van der Waals surface area contributed by atoms with Gasteiger partial charge in [0.15, 0.2) is 5.58 Å². The molecular weight excluding hydrogens is 357 g/mol. The third-order valence-corrected chi connectivity index (χ3v) is 6.23. The van der Waals surface area contributed by atoms with E-state index < -0.39 is 0 Å². The van der Waals surface area contributed by atoms with E-state index in [1.54, 1.807) is 0 Å². The zero-order valence-electron chi connectivity index (χ0n) is 15.0. The molecule has 25 heavy (non-hydrogen) atoms. The van der Waals surface area contributed by atoms with Gasteiger partial charge in [-0.25, -0.2) is 0 Å². The fraction of sp³-hybridized carbons (Fsp3) is 0.632. The van der Waals surface area contributed by atoms with Crippen LogP contribution < -0.4 is 10.2 Å². The van der Waals surface area contributed by atoms with E-state index in [9.17, 15) is 0 Å². The predicted molar refractivity (Wildman–Crippen MR) is 106 cm³/mol. The highest BCUT2D eigenvalue weighted by Gasteiger charge is 2.56. The first kappa shape index (κ1) is 18.8. The molecule has 1 aromatic heterocycles. The quantitative estimate of drug-likeness (QED) is 0.802. The van der Waals surface area contributed by atoms with E-state index in [1.165, 1.54) is 18.4 Å². The second-order valence-corrected chi connectivity index (χ2v) is 8.53. The summed E-state index contributed by atoms with van der Waals surface area (Å²) in [5, 5.41) is 3.57. The Labute approximate surface area is 161 Å². The standard InChI is InChI=1S/C19H25N3O.2ClH/c1-19(2,3)11-4-7-17-14(8-11)21-18(23-17)22-15-5-6-16(22)13-10-20-9-12(13)15;;/h4,7-8,12-13,15-16,20H,5-6,9-10H2,1-3H3;2*1H/t12-,13+,15-,16+;;. The maximum atomic E-state index is 6.16. The number of nitrogens with zero attached hydrogens (tertiary/aromatic N) is 2. The summed E-state index contributed by atoms with van der Waals surface area (Å²) in [5.41, 5.74) is 3.38. The van der Waals surface area contributed by atoms with Crippen LogP contribution in [-0.4, -0.2) is 30.2 Å². The van der Waals surface area contributed by atoms with Crippen molar-refractivity contribution in [2.24, 2.45) is 11.8 Å². The summed E-state index contributed by atoms with van der Waals surface area (Å²) in [5.74, 6) is 1.57. The maximum absolute atomic E-state index is 6.16. The summed E-state index contributed by atoms with van der Waals surface area (Å²) in [6.07, 6.45) is 2.58. The molecule has 0 radical (unpaired) electrons. The molecule has 0 saturated carbocycles. The number of nitrogens with one attached hydrogen (secondary N) is 1. The van der Waals surface area contributed by atoms with Crippen LogP contribution in [0.3, 0.4) is 0 Å². The molecule has 6 heteroatoms. The molecule has 2 bridgehead atoms. The Kier molecular flexibility index (Phi) is 4.76. The van der Waals surface area contributed by atoms with Crippen LogP contribution in [0.2, 0.25) is 0 Å². The molecule has 0 spiro atoms. The number of oxazole rings is 1. The normalized spacial score (nSPS) is 30.3. The Bertz CT molecular complexity index is 752. The van der Waals surface area contributed by atoms with Crippen LogP contribution >= 0.6 is 24.8 Å². The number of hydrogen-bond donors (Lipinski definition) is 1. The van der Waals surface area contributed by atoms with Gasteiger partial charge in [0, 0.05) is 25.2 Å². The second kappa shape index (κ2) is 6.33. The Morgan fingerprint density at radius 1 is 1.08 bits per heavy atom. The summed E-state index contributed by atoms with van der Waals surface area (Å²) in [6, 6.07) is 8.56. The van der Waals surface area contributed by atoms with Gasteiger partial charge in [-0.05, 0) is 47.8 Å². The molecule has 0 amide bonds. The summed E-state index contributed by atoms with van der Waals surface area (Å²) < 4.78 is 6.16. The molecule has 3 fully saturated rings. The Hall–Kier alpha value is -0.970. The number of anilines is 1. The SMILES string of the molecule is CC(C)(C)c1ccc2oc(N3[C@@H]4CC[C@H]3[C@H]3CNC[C@H]34)nc2c1.Cl.Cl. The first-order valence-corrected chi connectivity index (χ1v) is 8.92. The summed E-state index contributed by atoms with van der Waals surface area (Å²) in [4.78, 5) is 7.38. The van der Waals surface area contributed by atoms with Crippen molar-refractivity contribution in [3.8, 4) is 0 Å². The first-order valence-electron chi connectivity index (χ1n) is 8.92. The maximum Gasteiger partial charge on any atom is 0.298 e. The smallest absolute Gasteiger partial charge is 0.298 e. The van der Waals surface area contributed by atoms with Gasteiger partial charge in [-0.1, -0.05) is 26.8 Å². The van der Waals surface area contributed by atoms with E-state index >= 15 is 0 Å². The third kappa shape index (κ3) is 2.73. The van der Waals surface area contributed by atoms with E-state index in [0.717, 1.165) is 42.0 Å². The first-order chi connectivity index (χ1) is 11.0. The lowest BCUT2D eigenvalue weighted by molar-refractivity contribution is 0.354. The van der Waals surface area contributed by atoms with Gasteiger partial charge in [0.1, 0.15) is 5.52 Å². The van der Waals surface area contributed by atoms with Gasteiger partial charge in [0.25, 0.3) is 6.01 Å². The van der Waals surface area contributed by atoms with Crippen LogP contribution in [-0.2, 0) is 5.41 Å². The number of fused-ring (bicyclic) bond motifs is 6. The van der Waals surface area contributed by atoms with Gasteiger partial charge in [-0.3, -0.25) is 0 Å². The number of aromatic nitrogens is 1. The van der Waals surface area contributed by atoms with Gasteiger partial charge in [-0.15, -0.1) is 24.8 Å². The molecule has 4 atom stereocenters. The molecule has 1 N–H and O–H groups in total. The van der Waals surface area contributed by atoms with Crippen molar-refractivity contribution in [3.05, 3.63) is 23.8 Å². The zero-order valence-corrected chi connectivity index (χ0v) is 16.6. The average Bonchev–Trinajstić information content (AvgIpc) is 3.24. The molecule has 5 rings (SSSR count). The number of benzene rings is 1. The molecular formula is C19H27Cl2N3O. The van der Waals surface area contributed by atoms with E-state index in [0.29, 0.717) is 12.1 Å². The van der Waals surface area contributed by atoms with Crippen molar-refractivity contribution >= 4 is 41.9 Å². The Morgan fingerprint density at radius 3 is 2.32 bits per heavy atom. The molecule has 3 aliphatic rings. The summed E-state index contributed by atoms with van der Waals surface area (Å²) in [7, 11) is 0. The minimum atomic E-state index is 0. The molecule has 0 unspecified atom stereocenters. The van der Waals surface area contributed by atoms with Crippen LogP contribution in [0.5, 0.6) is 0 Å². The molecule has 4 heterocycles. The van der Waals surface area contributed by atoms with Gasteiger partial charge in [0.05, 0.1) is 0 Å². The van der Waals surface area contributed by atoms with Crippen molar-refractivity contribution in [2.75, 3.05) is 18.0 Å². The summed E-state index contributed by atoms with van der Waals surface area (Å²) >= 11 is 0. The van der Waals surface area contributed by atoms with Crippen LogP contribution in [0.4, 0.5) is 6.01 Å². The monoisotopic (exact) mass is 383 g/mol. The molecule has 3 aliphatic heterocycles. The Morgan fingerprint density at radius 2 is 1.72 bits per heavy atom. The summed E-state index contributed by atoms with van der Waals surface area (Å²) in [6.45, 7) is 9.05. The fourth-order valence-corrected chi connectivity index (χ4v) is 5.04. The molecule has 4 nitrogen and oxygen atoms in total. The topological polar surface area (TPSA) is 41.3 Å². The molecule has 0 aliphatic carbocycles. The van der Waals surface area contributed by atoms with Crippen LogP contribution in [0.25, 0.3) is 11.1 Å². The lowest BCUT2D eigenvalue weighted by atomic mass is 9.82. The van der Waals surface area contributed by atoms with Crippen molar-refractivity contribution in [3.63, 3.8) is 0 Å². The lowest BCUT2D eigenvalue weighted by Gasteiger charge is -2.22. The molecule has 138 valence electrons. The number of rotatable bonds is 1. The number of halogens is 2. The fourth-order valence-electron chi connectivity index (χ4n) is 5.04. The second-order valence-electron chi connectivity index (χ2n) is 8.53. The van der Waals surface area contributed by atoms with E-state index in [2.05, 4.69) is 49.2 Å². The minimum Gasteiger partial charge on any atom is -0.423 e. The highest BCUT2D eigenvalue weighted by molar-refractivity contribution is 5.85. The molecule has 3 saturated heterocycles.